The second kappa shape index (κ2) is 12.0. The first-order valence-corrected chi connectivity index (χ1v) is 11.9. The number of ether oxygens (including phenoxy) is 1. The second-order valence-corrected chi connectivity index (χ2v) is 10.5. The lowest BCUT2D eigenvalue weighted by Crippen LogP contribution is -2.38. The molecule has 1 N–H and O–H groups in total. The largest absolute Gasteiger partial charge is 0.444 e. The predicted molar refractivity (Wildman–Crippen MR) is 127 cm³/mol. The van der Waals surface area contributed by atoms with Crippen molar-refractivity contribution in [2.24, 2.45) is 11.8 Å². The quantitative estimate of drug-likeness (QED) is 0.325. The fourth-order valence-corrected chi connectivity index (χ4v) is 3.61. The molecule has 0 atom stereocenters. The van der Waals surface area contributed by atoms with E-state index in [1.807, 2.05) is 25.7 Å². The highest BCUT2D eigenvalue weighted by atomic mass is 127. The van der Waals surface area contributed by atoms with Crippen LogP contribution in [0.15, 0.2) is 18.2 Å². The first-order valence-electron chi connectivity index (χ1n) is 10.4. The minimum atomic E-state index is -0.485. The van der Waals surface area contributed by atoms with Crippen LogP contribution in [-0.2, 0) is 24.2 Å². The number of carbonyl (C=O) groups excluding carboxylic acids is 1. The summed E-state index contributed by atoms with van der Waals surface area (Å²) >= 11 is 2.42. The van der Waals surface area contributed by atoms with Crippen molar-refractivity contribution in [3.63, 3.8) is 0 Å². The summed E-state index contributed by atoms with van der Waals surface area (Å²) in [6.07, 6.45) is 0.808. The molecule has 0 unspecified atom stereocenters. The maximum atomic E-state index is 12.7. The van der Waals surface area contributed by atoms with Crippen molar-refractivity contribution >= 4 is 28.7 Å². The van der Waals surface area contributed by atoms with Crippen molar-refractivity contribution in [2.45, 2.75) is 73.6 Å². The van der Waals surface area contributed by atoms with Gasteiger partial charge in [0.05, 0.1) is 0 Å². The average molecular weight is 502 g/mol. The van der Waals surface area contributed by atoms with E-state index < -0.39 is 5.60 Å². The standard InChI is InChI=1S/C23H39IN2O2/c1-17(2)13-25-14-20-10-19(8-9-24)11-21(12-20)16-26(15-18(3)4)22(27)28-23(5,6)7/h10-12,17-18,25H,8-9,13-16H2,1-7H3. The summed E-state index contributed by atoms with van der Waals surface area (Å²) in [5, 5.41) is 3.53. The van der Waals surface area contributed by atoms with E-state index >= 15 is 0 Å². The number of carbonyl (C=O) groups is 1. The van der Waals surface area contributed by atoms with Crippen LogP contribution in [0, 0.1) is 11.8 Å². The number of benzene rings is 1. The van der Waals surface area contributed by atoms with Gasteiger partial charge < -0.3 is 15.0 Å². The van der Waals surface area contributed by atoms with E-state index in [-0.39, 0.29) is 6.09 Å². The number of aryl methyl sites for hydroxylation is 1. The van der Waals surface area contributed by atoms with E-state index in [9.17, 15) is 4.79 Å². The van der Waals surface area contributed by atoms with Crippen LogP contribution in [-0.4, -0.2) is 34.1 Å². The number of halogens is 1. The lowest BCUT2D eigenvalue weighted by atomic mass is 10.0. The van der Waals surface area contributed by atoms with Crippen LogP contribution in [0.3, 0.4) is 0 Å². The SMILES string of the molecule is CC(C)CNCc1cc(CCI)cc(CN(CC(C)C)C(=O)OC(C)(C)C)c1. The maximum absolute atomic E-state index is 12.7. The van der Waals surface area contributed by atoms with Gasteiger partial charge in [0.15, 0.2) is 0 Å². The Hall–Kier alpha value is -0.820. The Morgan fingerprint density at radius 2 is 1.68 bits per heavy atom. The molecule has 28 heavy (non-hydrogen) atoms. The van der Waals surface area contributed by atoms with Crippen molar-refractivity contribution in [1.29, 1.82) is 0 Å². The number of hydrogen-bond donors (Lipinski definition) is 1. The van der Waals surface area contributed by atoms with Crippen LogP contribution in [0.5, 0.6) is 0 Å². The summed E-state index contributed by atoms with van der Waals surface area (Å²) in [7, 11) is 0. The number of nitrogens with one attached hydrogen (secondary N) is 1. The van der Waals surface area contributed by atoms with E-state index in [0.29, 0.717) is 24.9 Å². The van der Waals surface area contributed by atoms with Crippen LogP contribution in [0.25, 0.3) is 0 Å². The molecule has 0 fully saturated rings. The predicted octanol–water partition coefficient (Wildman–Crippen LogP) is 5.80. The van der Waals surface area contributed by atoms with Crippen molar-refractivity contribution in [3.8, 4) is 0 Å². The molecule has 0 aromatic heterocycles. The van der Waals surface area contributed by atoms with Gasteiger partial charge in [0.25, 0.3) is 0 Å². The zero-order valence-corrected chi connectivity index (χ0v) is 20.9. The molecule has 0 radical (unpaired) electrons. The van der Waals surface area contributed by atoms with Gasteiger partial charge in [0.2, 0.25) is 0 Å². The number of amides is 1. The molecule has 0 saturated carbocycles. The highest BCUT2D eigenvalue weighted by Crippen LogP contribution is 2.18. The van der Waals surface area contributed by atoms with Crippen molar-refractivity contribution in [3.05, 3.63) is 34.9 Å². The van der Waals surface area contributed by atoms with Crippen LogP contribution >= 0.6 is 22.6 Å². The Morgan fingerprint density at radius 1 is 1.07 bits per heavy atom. The molecule has 0 spiro atoms. The van der Waals surface area contributed by atoms with E-state index in [1.165, 1.54) is 16.7 Å². The van der Waals surface area contributed by atoms with E-state index in [0.717, 1.165) is 23.9 Å². The topological polar surface area (TPSA) is 41.6 Å². The summed E-state index contributed by atoms with van der Waals surface area (Å²) in [5.41, 5.74) is 3.31. The fraction of sp³-hybridized carbons (Fsp3) is 0.696. The Labute approximate surface area is 185 Å². The second-order valence-electron chi connectivity index (χ2n) is 9.38. The third-order valence-electron chi connectivity index (χ3n) is 3.99. The van der Waals surface area contributed by atoms with Gasteiger partial charge in [-0.05, 0) is 62.3 Å². The van der Waals surface area contributed by atoms with Crippen LogP contribution in [0.4, 0.5) is 4.79 Å². The van der Waals surface area contributed by atoms with E-state index in [2.05, 4.69) is 73.8 Å². The summed E-state index contributed by atoms with van der Waals surface area (Å²) in [6, 6.07) is 6.75. The Kier molecular flexibility index (Phi) is 10.8. The lowest BCUT2D eigenvalue weighted by Gasteiger charge is -2.29. The third kappa shape index (κ3) is 10.6. The van der Waals surface area contributed by atoms with Gasteiger partial charge in [-0.2, -0.15) is 0 Å². The van der Waals surface area contributed by atoms with Gasteiger partial charge in [-0.25, -0.2) is 4.79 Å². The summed E-state index contributed by atoms with van der Waals surface area (Å²) in [5.74, 6) is 1.02. The highest BCUT2D eigenvalue weighted by Gasteiger charge is 2.23. The zero-order chi connectivity index (χ0) is 21.3. The van der Waals surface area contributed by atoms with Gasteiger partial charge in [-0.15, -0.1) is 0 Å². The maximum Gasteiger partial charge on any atom is 0.410 e. The monoisotopic (exact) mass is 502 g/mol. The van der Waals surface area contributed by atoms with Crippen LogP contribution in [0.1, 0.15) is 65.2 Å². The molecule has 160 valence electrons. The molecule has 1 rings (SSSR count). The molecule has 0 aliphatic heterocycles. The molecule has 0 aliphatic rings. The molecule has 4 nitrogen and oxygen atoms in total. The molecule has 1 aromatic rings. The molecule has 1 aromatic carbocycles. The van der Waals surface area contributed by atoms with Gasteiger partial charge in [0, 0.05) is 24.1 Å². The van der Waals surface area contributed by atoms with Crippen molar-refractivity contribution < 1.29 is 9.53 Å². The Morgan fingerprint density at radius 3 is 2.21 bits per heavy atom. The molecule has 5 heteroatoms. The summed E-state index contributed by atoms with van der Waals surface area (Å²) in [4.78, 5) is 14.6. The van der Waals surface area contributed by atoms with Crippen LogP contribution in [0.2, 0.25) is 0 Å². The Balaban J connectivity index is 3.01. The smallest absolute Gasteiger partial charge is 0.410 e. The van der Waals surface area contributed by atoms with E-state index in [4.69, 9.17) is 4.74 Å². The fourth-order valence-electron chi connectivity index (χ4n) is 2.98. The molecule has 0 saturated heterocycles. The summed E-state index contributed by atoms with van der Waals surface area (Å²) < 4.78 is 6.73. The molecular formula is C23H39IN2O2. The molecule has 0 heterocycles. The molecule has 0 bridgehead atoms. The van der Waals surface area contributed by atoms with Gasteiger partial charge in [-0.3, -0.25) is 0 Å². The van der Waals surface area contributed by atoms with Crippen molar-refractivity contribution in [2.75, 3.05) is 17.5 Å². The first-order chi connectivity index (χ1) is 13.0. The van der Waals surface area contributed by atoms with Crippen molar-refractivity contribution in [1.82, 2.24) is 10.2 Å². The zero-order valence-electron chi connectivity index (χ0n) is 18.8. The van der Waals surface area contributed by atoms with Gasteiger partial charge in [0.1, 0.15) is 5.60 Å². The lowest BCUT2D eigenvalue weighted by molar-refractivity contribution is 0.0211. The normalized spacial score (nSPS) is 11.9. The average Bonchev–Trinajstić information content (AvgIpc) is 2.52. The first kappa shape index (κ1) is 25.2. The number of alkyl halides is 1. The third-order valence-corrected chi connectivity index (χ3v) is 4.53. The van der Waals surface area contributed by atoms with Gasteiger partial charge >= 0.3 is 6.09 Å². The molecular weight excluding hydrogens is 463 g/mol. The Bertz CT molecular complexity index is 609. The number of nitrogens with zero attached hydrogens (tertiary/aromatic N) is 1. The minimum absolute atomic E-state index is 0.236. The highest BCUT2D eigenvalue weighted by molar-refractivity contribution is 14.1. The number of rotatable bonds is 10. The number of hydrogen-bond acceptors (Lipinski definition) is 3. The molecule has 0 aliphatic carbocycles. The molecule has 1 amide bonds. The summed E-state index contributed by atoms with van der Waals surface area (Å²) in [6.45, 7) is 17.6. The van der Waals surface area contributed by atoms with Crippen LogP contribution < -0.4 is 5.32 Å². The van der Waals surface area contributed by atoms with E-state index in [1.54, 1.807) is 0 Å². The van der Waals surface area contributed by atoms with Gasteiger partial charge in [-0.1, -0.05) is 68.5 Å². The minimum Gasteiger partial charge on any atom is -0.444 e.